The molecule has 8 heteroatoms. The zero-order valence-corrected chi connectivity index (χ0v) is 10.6. The van der Waals surface area contributed by atoms with Crippen molar-refractivity contribution in [2.45, 2.75) is 0 Å². The van der Waals surface area contributed by atoms with E-state index in [0.29, 0.717) is 0 Å². The molecule has 0 aliphatic carbocycles. The van der Waals surface area contributed by atoms with Crippen LogP contribution < -0.4 is 16.4 Å². The summed E-state index contributed by atoms with van der Waals surface area (Å²) in [5.74, 6) is -1.23. The molecule has 0 spiro atoms. The summed E-state index contributed by atoms with van der Waals surface area (Å²) >= 11 is 0. The van der Waals surface area contributed by atoms with E-state index in [1.54, 1.807) is 7.05 Å². The molecule has 104 valence electrons. The maximum absolute atomic E-state index is 13.0. The molecule has 0 aliphatic heterocycles. The van der Waals surface area contributed by atoms with Crippen LogP contribution in [-0.4, -0.2) is 21.7 Å². The molecular formula is C12H12FN5O2. The van der Waals surface area contributed by atoms with E-state index in [1.165, 1.54) is 29.1 Å². The largest absolute Gasteiger partial charge is 0.364 e. The Hall–Kier alpha value is -2.90. The molecular weight excluding hydrogens is 265 g/mol. The molecule has 20 heavy (non-hydrogen) atoms. The number of carbonyl (C=O) groups excluding carboxylic acids is 2. The van der Waals surface area contributed by atoms with Crippen LogP contribution >= 0.6 is 0 Å². The van der Waals surface area contributed by atoms with E-state index < -0.39 is 17.8 Å². The Morgan fingerprint density at radius 1 is 1.35 bits per heavy atom. The van der Waals surface area contributed by atoms with E-state index in [2.05, 4.69) is 15.7 Å². The molecule has 0 unspecified atom stereocenters. The fourth-order valence-electron chi connectivity index (χ4n) is 1.61. The zero-order chi connectivity index (χ0) is 14.7. The number of halogens is 1. The number of aromatic nitrogens is 2. The number of primary amides is 1. The Morgan fingerprint density at radius 3 is 2.75 bits per heavy atom. The van der Waals surface area contributed by atoms with E-state index in [4.69, 9.17) is 5.73 Å². The van der Waals surface area contributed by atoms with Crippen molar-refractivity contribution in [3.05, 3.63) is 42.0 Å². The second-order valence-corrected chi connectivity index (χ2v) is 4.02. The lowest BCUT2D eigenvalue weighted by Gasteiger charge is -2.06. The van der Waals surface area contributed by atoms with Gasteiger partial charge in [0.05, 0.1) is 5.69 Å². The third kappa shape index (κ3) is 3.10. The normalized spacial score (nSPS) is 10.1. The predicted molar refractivity (Wildman–Crippen MR) is 70.8 cm³/mol. The summed E-state index contributed by atoms with van der Waals surface area (Å²) in [5.41, 5.74) is 5.55. The number of carbonyl (C=O) groups is 2. The van der Waals surface area contributed by atoms with E-state index >= 15 is 0 Å². The lowest BCUT2D eigenvalue weighted by Crippen LogP contribution is -2.22. The minimum Gasteiger partial charge on any atom is -0.364 e. The lowest BCUT2D eigenvalue weighted by atomic mass is 10.3. The van der Waals surface area contributed by atoms with Crippen LogP contribution in [0.5, 0.6) is 0 Å². The number of urea groups is 1. The highest BCUT2D eigenvalue weighted by Crippen LogP contribution is 2.14. The highest BCUT2D eigenvalue weighted by molar-refractivity contribution is 6.05. The zero-order valence-electron chi connectivity index (χ0n) is 10.6. The number of nitrogens with zero attached hydrogens (tertiary/aromatic N) is 2. The Morgan fingerprint density at radius 2 is 2.10 bits per heavy atom. The van der Waals surface area contributed by atoms with Crippen molar-refractivity contribution in [1.82, 2.24) is 9.78 Å². The van der Waals surface area contributed by atoms with Gasteiger partial charge in [-0.05, 0) is 18.2 Å². The van der Waals surface area contributed by atoms with Crippen molar-refractivity contribution in [3.63, 3.8) is 0 Å². The van der Waals surface area contributed by atoms with E-state index in [0.717, 1.165) is 6.07 Å². The van der Waals surface area contributed by atoms with Gasteiger partial charge in [0.25, 0.3) is 5.91 Å². The molecule has 0 bridgehead atoms. The molecule has 3 amide bonds. The van der Waals surface area contributed by atoms with Crippen molar-refractivity contribution in [3.8, 4) is 0 Å². The first-order valence-electron chi connectivity index (χ1n) is 5.62. The number of amides is 3. The second-order valence-electron chi connectivity index (χ2n) is 4.02. The number of rotatable bonds is 3. The van der Waals surface area contributed by atoms with E-state index in [9.17, 15) is 14.0 Å². The Labute approximate surface area is 113 Å². The summed E-state index contributed by atoms with van der Waals surface area (Å²) in [7, 11) is 1.59. The van der Waals surface area contributed by atoms with Crippen LogP contribution in [0.15, 0.2) is 30.5 Å². The summed E-state index contributed by atoms with van der Waals surface area (Å²) in [6, 6.07) is 4.78. The van der Waals surface area contributed by atoms with Crippen molar-refractivity contribution in [1.29, 1.82) is 0 Å². The van der Waals surface area contributed by atoms with Gasteiger partial charge in [-0.1, -0.05) is 6.07 Å². The van der Waals surface area contributed by atoms with Crippen LogP contribution in [0.2, 0.25) is 0 Å². The summed E-state index contributed by atoms with van der Waals surface area (Å²) < 4.78 is 14.3. The van der Waals surface area contributed by atoms with Gasteiger partial charge in [-0.3, -0.25) is 9.48 Å². The lowest BCUT2D eigenvalue weighted by molar-refractivity contribution is 0.0995. The molecule has 0 atom stereocenters. The molecule has 0 saturated heterocycles. The van der Waals surface area contributed by atoms with Crippen molar-refractivity contribution in [2.75, 3.05) is 10.6 Å². The van der Waals surface area contributed by atoms with E-state index in [1.807, 2.05) is 0 Å². The molecule has 2 rings (SSSR count). The fraction of sp³-hybridized carbons (Fsp3) is 0.0833. The number of aryl methyl sites for hydroxylation is 1. The average molecular weight is 277 g/mol. The third-order valence-corrected chi connectivity index (χ3v) is 2.39. The molecule has 0 radical (unpaired) electrons. The molecule has 1 heterocycles. The Bertz CT molecular complexity index is 668. The van der Waals surface area contributed by atoms with Gasteiger partial charge in [0.1, 0.15) is 5.82 Å². The first-order valence-corrected chi connectivity index (χ1v) is 5.62. The molecule has 0 fully saturated rings. The highest BCUT2D eigenvalue weighted by Gasteiger charge is 2.15. The molecule has 1 aromatic carbocycles. The van der Waals surface area contributed by atoms with Crippen LogP contribution in [0.1, 0.15) is 10.5 Å². The molecule has 7 nitrogen and oxygen atoms in total. The third-order valence-electron chi connectivity index (χ3n) is 2.39. The number of nitrogens with two attached hydrogens (primary N) is 1. The smallest absolute Gasteiger partial charge is 0.323 e. The van der Waals surface area contributed by atoms with Gasteiger partial charge >= 0.3 is 6.03 Å². The molecule has 0 saturated carbocycles. The standard InChI is InChI=1S/C12H12FN5O2/c1-18-6-9(10(17-18)11(14)19)16-12(20)15-8-4-2-3-7(13)5-8/h2-6H,1H3,(H2,14,19)(H2,15,16,20). The Balaban J connectivity index is 2.10. The summed E-state index contributed by atoms with van der Waals surface area (Å²) in [5, 5.41) is 8.68. The van der Waals surface area contributed by atoms with Gasteiger partial charge < -0.3 is 16.4 Å². The Kier molecular flexibility index (Phi) is 3.65. The number of hydrogen-bond donors (Lipinski definition) is 3. The minimum atomic E-state index is -0.758. The maximum atomic E-state index is 13.0. The van der Waals surface area contributed by atoms with Gasteiger partial charge in [-0.2, -0.15) is 5.10 Å². The highest BCUT2D eigenvalue weighted by atomic mass is 19.1. The van der Waals surface area contributed by atoms with Gasteiger partial charge in [0.15, 0.2) is 5.69 Å². The SMILES string of the molecule is Cn1cc(NC(=O)Nc2cccc(F)c2)c(C(N)=O)n1. The quantitative estimate of drug-likeness (QED) is 0.788. The van der Waals surface area contributed by atoms with Gasteiger partial charge in [0, 0.05) is 18.9 Å². The number of anilines is 2. The average Bonchev–Trinajstić information content (AvgIpc) is 2.70. The molecule has 1 aromatic heterocycles. The number of nitrogens with one attached hydrogen (secondary N) is 2. The second kappa shape index (κ2) is 5.39. The number of benzene rings is 1. The summed E-state index contributed by atoms with van der Waals surface area (Å²) in [4.78, 5) is 22.9. The summed E-state index contributed by atoms with van der Waals surface area (Å²) in [6.45, 7) is 0. The van der Waals surface area contributed by atoms with Crippen LogP contribution in [0.4, 0.5) is 20.6 Å². The minimum absolute atomic E-state index is 0.0538. The maximum Gasteiger partial charge on any atom is 0.323 e. The predicted octanol–water partition coefficient (Wildman–Crippen LogP) is 1.30. The van der Waals surface area contributed by atoms with Gasteiger partial charge in [0.2, 0.25) is 0 Å². The topological polar surface area (TPSA) is 102 Å². The van der Waals surface area contributed by atoms with Crippen LogP contribution in [0.25, 0.3) is 0 Å². The molecule has 4 N–H and O–H groups in total. The molecule has 0 aliphatic rings. The van der Waals surface area contributed by atoms with Gasteiger partial charge in [-0.15, -0.1) is 0 Å². The number of hydrogen-bond acceptors (Lipinski definition) is 3. The van der Waals surface area contributed by atoms with E-state index in [-0.39, 0.29) is 17.1 Å². The van der Waals surface area contributed by atoms with Crippen LogP contribution in [0.3, 0.4) is 0 Å². The van der Waals surface area contributed by atoms with Gasteiger partial charge in [-0.25, -0.2) is 9.18 Å². The van der Waals surface area contributed by atoms with Crippen molar-refractivity contribution in [2.24, 2.45) is 12.8 Å². The van der Waals surface area contributed by atoms with Crippen molar-refractivity contribution >= 4 is 23.3 Å². The first-order chi connectivity index (χ1) is 9.45. The molecule has 2 aromatic rings. The van der Waals surface area contributed by atoms with Crippen LogP contribution in [0, 0.1) is 5.82 Å². The van der Waals surface area contributed by atoms with Crippen molar-refractivity contribution < 1.29 is 14.0 Å². The monoisotopic (exact) mass is 277 g/mol. The summed E-state index contributed by atoms with van der Waals surface area (Å²) in [6.07, 6.45) is 1.44. The van der Waals surface area contributed by atoms with Crippen LogP contribution in [-0.2, 0) is 7.05 Å². The first kappa shape index (κ1) is 13.5. The fourth-order valence-corrected chi connectivity index (χ4v) is 1.61.